The van der Waals surface area contributed by atoms with E-state index in [-0.39, 0.29) is 0 Å². The first kappa shape index (κ1) is 28.2. The molecule has 6 aromatic carbocycles. The molecule has 11 rings (SSSR count). The van der Waals surface area contributed by atoms with E-state index in [2.05, 4.69) is 155 Å². The van der Waals surface area contributed by atoms with E-state index in [1.54, 1.807) is 0 Å². The zero-order chi connectivity index (χ0) is 31.6. The molecular weight excluding hydrogens is 601 g/mol. The average molecular weight is 639 g/mol. The van der Waals surface area contributed by atoms with E-state index in [9.17, 15) is 0 Å². The summed E-state index contributed by atoms with van der Waals surface area (Å²) in [6, 6.07) is 55.4. The van der Waals surface area contributed by atoms with Crippen molar-refractivity contribution >= 4 is 54.3 Å². The molecule has 2 nitrogen and oxygen atoms in total. The van der Waals surface area contributed by atoms with E-state index >= 15 is 0 Å². The first-order chi connectivity index (χ1) is 23.7. The molecule has 4 fully saturated rings. The van der Waals surface area contributed by atoms with E-state index < -0.39 is 0 Å². The fourth-order valence-electron chi connectivity index (χ4n) is 9.34. The minimum atomic E-state index is 0.735. The third-order valence-electron chi connectivity index (χ3n) is 11.3. The molecule has 0 radical (unpaired) electrons. The molecule has 234 valence electrons. The van der Waals surface area contributed by atoms with Crippen LogP contribution in [-0.4, -0.2) is 12.1 Å². The Bertz CT molecular complexity index is 2220. The van der Waals surface area contributed by atoms with Crippen molar-refractivity contribution in [3.63, 3.8) is 0 Å². The van der Waals surface area contributed by atoms with Gasteiger partial charge in [-0.3, -0.25) is 0 Å². The summed E-state index contributed by atoms with van der Waals surface area (Å²) in [5.41, 5.74) is 9.94. The predicted molar refractivity (Wildman–Crippen MR) is 205 cm³/mol. The molecule has 2 aliphatic heterocycles. The standard InChI is InChI=1S/C45H38N2S/c1-2-7-32(8-3-1)33-13-17-36(18-14-33)46(39-21-22-43-42-11-4-5-12-44(42)48-45(43)29-39)37-19-15-34(16-20-37)35-9-6-10-38(28-35)47-40-24-30-23-31(26-40)27-41(47)25-30/h1-22,28-31,40-41H,23-27H2. The van der Waals surface area contributed by atoms with Gasteiger partial charge >= 0.3 is 0 Å². The Kier molecular flexibility index (Phi) is 6.69. The van der Waals surface area contributed by atoms with Gasteiger partial charge in [-0.1, -0.05) is 91.0 Å². The molecule has 3 heteroatoms. The summed E-state index contributed by atoms with van der Waals surface area (Å²) >= 11 is 1.87. The van der Waals surface area contributed by atoms with Crippen LogP contribution < -0.4 is 9.80 Å². The van der Waals surface area contributed by atoms with Gasteiger partial charge in [-0.05, 0) is 121 Å². The molecular formula is C45H38N2S. The second-order valence-electron chi connectivity index (χ2n) is 14.2. The third kappa shape index (κ3) is 4.83. The number of anilines is 4. The maximum atomic E-state index is 2.80. The Balaban J connectivity index is 1.01. The van der Waals surface area contributed by atoms with Crippen LogP contribution in [0.1, 0.15) is 32.1 Å². The van der Waals surface area contributed by atoms with E-state index in [0.29, 0.717) is 0 Å². The molecule has 2 saturated carbocycles. The number of hydrogen-bond acceptors (Lipinski definition) is 3. The Labute approximate surface area is 286 Å². The summed E-state index contributed by atoms with van der Waals surface area (Å²) in [6.07, 6.45) is 7.05. The first-order valence-corrected chi connectivity index (χ1v) is 18.4. The summed E-state index contributed by atoms with van der Waals surface area (Å²) in [4.78, 5) is 5.20. The molecule has 0 spiro atoms. The Morgan fingerprint density at radius 3 is 1.71 bits per heavy atom. The monoisotopic (exact) mass is 638 g/mol. The van der Waals surface area contributed by atoms with Crippen molar-refractivity contribution in [1.82, 2.24) is 0 Å². The molecule has 4 bridgehead atoms. The molecule has 0 atom stereocenters. The minimum absolute atomic E-state index is 0.735. The molecule has 1 aromatic heterocycles. The summed E-state index contributed by atoms with van der Waals surface area (Å²) < 4.78 is 2.65. The fourth-order valence-corrected chi connectivity index (χ4v) is 10.5. The Hall–Kier alpha value is -4.86. The van der Waals surface area contributed by atoms with Crippen molar-refractivity contribution < 1.29 is 0 Å². The second kappa shape index (κ2) is 11.4. The molecule has 0 N–H and O–H groups in total. The molecule has 0 unspecified atom stereocenters. The van der Waals surface area contributed by atoms with Crippen molar-refractivity contribution in [3.8, 4) is 22.3 Å². The molecule has 4 aliphatic rings. The maximum Gasteiger partial charge on any atom is 0.0476 e. The number of benzene rings is 6. The van der Waals surface area contributed by atoms with Crippen LogP contribution in [-0.2, 0) is 0 Å². The van der Waals surface area contributed by atoms with Crippen LogP contribution in [0.3, 0.4) is 0 Å². The van der Waals surface area contributed by atoms with Gasteiger partial charge in [0.05, 0.1) is 0 Å². The molecule has 48 heavy (non-hydrogen) atoms. The third-order valence-corrected chi connectivity index (χ3v) is 12.5. The highest BCUT2D eigenvalue weighted by atomic mass is 32.1. The Morgan fingerprint density at radius 2 is 1.00 bits per heavy atom. The Morgan fingerprint density at radius 1 is 0.438 bits per heavy atom. The fraction of sp³-hybridized carbons (Fsp3) is 0.200. The van der Waals surface area contributed by atoms with Gasteiger partial charge in [0.1, 0.15) is 0 Å². The summed E-state index contributed by atoms with van der Waals surface area (Å²) in [6.45, 7) is 0. The topological polar surface area (TPSA) is 6.48 Å². The quantitative estimate of drug-likeness (QED) is 0.179. The van der Waals surface area contributed by atoms with Crippen LogP contribution in [0.4, 0.5) is 22.7 Å². The molecule has 2 saturated heterocycles. The van der Waals surface area contributed by atoms with Crippen molar-refractivity contribution in [2.24, 2.45) is 11.8 Å². The number of thiophene rings is 1. The minimum Gasteiger partial charge on any atom is -0.366 e. The lowest BCUT2D eigenvalue weighted by Crippen LogP contribution is -2.58. The lowest BCUT2D eigenvalue weighted by molar-refractivity contribution is 0.0900. The normalized spacial score (nSPS) is 21.3. The SMILES string of the molecule is c1ccc(-c2ccc(N(c3ccc(-c4cccc(N5C6CC7CC(C6)CC5C7)c4)cc3)c3ccc4c(c3)sc3ccccc34)cc2)cc1. The van der Waals surface area contributed by atoms with Gasteiger partial charge in [-0.2, -0.15) is 0 Å². The molecule has 0 amide bonds. The first-order valence-electron chi connectivity index (χ1n) is 17.6. The molecule has 7 aromatic rings. The number of hydrogen-bond donors (Lipinski definition) is 0. The van der Waals surface area contributed by atoms with Crippen LogP contribution in [0, 0.1) is 11.8 Å². The largest absolute Gasteiger partial charge is 0.366 e. The molecule has 3 heterocycles. The number of rotatable bonds is 6. The summed E-state index contributed by atoms with van der Waals surface area (Å²) in [5, 5.41) is 2.66. The van der Waals surface area contributed by atoms with Crippen LogP contribution in [0.2, 0.25) is 0 Å². The van der Waals surface area contributed by atoms with Crippen molar-refractivity contribution in [1.29, 1.82) is 0 Å². The number of fused-ring (bicyclic) bond motifs is 3. The van der Waals surface area contributed by atoms with Crippen molar-refractivity contribution in [3.05, 3.63) is 146 Å². The smallest absolute Gasteiger partial charge is 0.0476 e. The van der Waals surface area contributed by atoms with Crippen LogP contribution >= 0.6 is 11.3 Å². The summed E-state index contributed by atoms with van der Waals surface area (Å²) in [7, 11) is 0. The van der Waals surface area contributed by atoms with Crippen LogP contribution in [0.5, 0.6) is 0 Å². The molecule has 2 aliphatic carbocycles. The van der Waals surface area contributed by atoms with Gasteiger partial charge in [0.2, 0.25) is 0 Å². The van der Waals surface area contributed by atoms with Gasteiger partial charge in [0.25, 0.3) is 0 Å². The van der Waals surface area contributed by atoms with Gasteiger partial charge < -0.3 is 9.80 Å². The maximum absolute atomic E-state index is 2.80. The van der Waals surface area contributed by atoms with Gasteiger partial charge in [-0.25, -0.2) is 0 Å². The van der Waals surface area contributed by atoms with Crippen molar-refractivity contribution in [2.45, 2.75) is 44.2 Å². The zero-order valence-electron chi connectivity index (χ0n) is 27.0. The van der Waals surface area contributed by atoms with E-state index in [0.717, 1.165) is 35.3 Å². The lowest BCUT2D eigenvalue weighted by Gasteiger charge is -2.57. The van der Waals surface area contributed by atoms with Gasteiger partial charge in [0, 0.05) is 55.0 Å². The lowest BCUT2D eigenvalue weighted by atomic mass is 9.63. The second-order valence-corrected chi connectivity index (χ2v) is 15.3. The highest BCUT2D eigenvalue weighted by Gasteiger charge is 2.46. The van der Waals surface area contributed by atoms with Gasteiger partial charge in [0.15, 0.2) is 0 Å². The van der Waals surface area contributed by atoms with Gasteiger partial charge in [-0.15, -0.1) is 11.3 Å². The highest BCUT2D eigenvalue weighted by molar-refractivity contribution is 7.25. The predicted octanol–water partition coefficient (Wildman–Crippen LogP) is 12.6. The van der Waals surface area contributed by atoms with E-state index in [1.807, 2.05) is 11.3 Å². The number of nitrogens with zero attached hydrogens (tertiary/aromatic N) is 2. The van der Waals surface area contributed by atoms with Crippen molar-refractivity contribution in [2.75, 3.05) is 9.80 Å². The highest BCUT2D eigenvalue weighted by Crippen LogP contribution is 2.51. The van der Waals surface area contributed by atoms with E-state index in [4.69, 9.17) is 0 Å². The van der Waals surface area contributed by atoms with E-state index in [1.165, 1.54) is 85.9 Å². The summed E-state index contributed by atoms with van der Waals surface area (Å²) in [5.74, 6) is 1.94. The zero-order valence-corrected chi connectivity index (χ0v) is 27.8. The van der Waals surface area contributed by atoms with Crippen LogP contribution in [0.15, 0.2) is 146 Å². The number of piperidine rings is 2. The van der Waals surface area contributed by atoms with Crippen LogP contribution in [0.25, 0.3) is 42.4 Å². The average Bonchev–Trinajstić information content (AvgIpc) is 3.50.